The number of alkyl halides is 4. The lowest BCUT2D eigenvalue weighted by atomic mass is 9.90. The van der Waals surface area contributed by atoms with Crippen LogP contribution in [0.25, 0.3) is 10.9 Å². The fraction of sp³-hybridized carbons (Fsp3) is 0.500. The molecule has 0 radical (unpaired) electrons. The number of benzene rings is 1. The molecule has 3 aromatic rings. The number of rotatable bonds is 7. The third-order valence-corrected chi connectivity index (χ3v) is 8.43. The van der Waals surface area contributed by atoms with Crippen molar-refractivity contribution >= 4 is 24.7 Å². The summed E-state index contributed by atoms with van der Waals surface area (Å²) in [5.41, 5.74) is 8.43. The Morgan fingerprint density at radius 3 is 2.58 bits per heavy atom. The fourth-order valence-electron chi connectivity index (χ4n) is 5.68. The molecule has 2 atom stereocenters. The highest BCUT2D eigenvalue weighted by molar-refractivity contribution is 6.83. The summed E-state index contributed by atoms with van der Waals surface area (Å²) >= 11 is 0. The molecule has 1 saturated heterocycles. The quantitative estimate of drug-likeness (QED) is 0.203. The molecule has 2 aliphatic heterocycles. The zero-order valence-corrected chi connectivity index (χ0v) is 24.5. The van der Waals surface area contributed by atoms with E-state index < -0.39 is 26.8 Å². The van der Waals surface area contributed by atoms with E-state index in [1.54, 1.807) is 6.20 Å². The van der Waals surface area contributed by atoms with Crippen LogP contribution in [0.5, 0.6) is 0 Å². The number of pyridine rings is 1. The Kier molecular flexibility index (Phi) is 8.01. The van der Waals surface area contributed by atoms with Gasteiger partial charge in [-0.1, -0.05) is 25.6 Å². The minimum atomic E-state index is -4.34. The van der Waals surface area contributed by atoms with Crippen LogP contribution in [-0.4, -0.2) is 79.0 Å². The third-order valence-electron chi connectivity index (χ3n) is 7.56. The van der Waals surface area contributed by atoms with Crippen LogP contribution in [0.1, 0.15) is 41.9 Å². The third kappa shape index (κ3) is 6.53. The molecule has 2 aromatic heterocycles. The number of H-pyrrole nitrogens is 1. The number of nitrogens with zero attached hydrogens (tertiary/aromatic N) is 3. The first kappa shape index (κ1) is 28.6. The van der Waals surface area contributed by atoms with Crippen LogP contribution in [0.4, 0.5) is 23.2 Å². The van der Waals surface area contributed by atoms with Crippen LogP contribution in [0, 0.1) is 11.5 Å². The second-order valence-electron chi connectivity index (χ2n) is 12.1. The highest BCUT2D eigenvalue weighted by atomic mass is 28.3. The number of hydrogen-bond donors (Lipinski definition) is 2. The summed E-state index contributed by atoms with van der Waals surface area (Å²) in [6, 6.07) is 9.00. The van der Waals surface area contributed by atoms with Crippen molar-refractivity contribution in [2.75, 3.05) is 38.2 Å². The molecule has 0 amide bonds. The van der Waals surface area contributed by atoms with Crippen molar-refractivity contribution < 1.29 is 17.6 Å². The largest absolute Gasteiger partial charge is 0.401 e. The lowest BCUT2D eigenvalue weighted by Gasteiger charge is -2.41. The van der Waals surface area contributed by atoms with Gasteiger partial charge >= 0.3 is 6.18 Å². The van der Waals surface area contributed by atoms with Gasteiger partial charge in [-0.3, -0.25) is 19.2 Å². The van der Waals surface area contributed by atoms with Crippen molar-refractivity contribution in [3.05, 3.63) is 59.0 Å². The maximum absolute atomic E-state index is 13.8. The smallest absolute Gasteiger partial charge is 0.378 e. The van der Waals surface area contributed by atoms with Gasteiger partial charge in [-0.2, -0.15) is 13.2 Å². The van der Waals surface area contributed by atoms with Gasteiger partial charge in [0.1, 0.15) is 8.07 Å². The Morgan fingerprint density at radius 1 is 1.15 bits per heavy atom. The molecule has 0 aliphatic carbocycles. The van der Waals surface area contributed by atoms with Crippen molar-refractivity contribution in [1.29, 1.82) is 0 Å². The highest BCUT2D eigenvalue weighted by Gasteiger charge is 2.42. The SMILES string of the molecule is C[C@@H]1Cc2c([nH]c3ccc(C#C[Si](C)(C)C)cc23)[C@@H](c2ccc(NC3CN(CCCF)C3)cn2)N1CC(F)(F)F. The molecule has 0 unspecified atom stereocenters. The van der Waals surface area contributed by atoms with E-state index in [4.69, 9.17) is 0 Å². The molecule has 0 saturated carbocycles. The second kappa shape index (κ2) is 11.2. The molecular formula is C30H37F4N5Si. The number of aromatic amines is 1. The fourth-order valence-corrected chi connectivity index (χ4v) is 6.20. The molecule has 2 aliphatic rings. The van der Waals surface area contributed by atoms with Crippen LogP contribution >= 0.6 is 0 Å². The molecule has 0 spiro atoms. The Morgan fingerprint density at radius 2 is 1.93 bits per heavy atom. The summed E-state index contributed by atoms with van der Waals surface area (Å²) in [6.45, 7) is 9.55. The van der Waals surface area contributed by atoms with E-state index >= 15 is 0 Å². The molecule has 40 heavy (non-hydrogen) atoms. The van der Waals surface area contributed by atoms with Crippen LogP contribution in [0.2, 0.25) is 19.6 Å². The van der Waals surface area contributed by atoms with Crippen molar-refractivity contribution in [3.63, 3.8) is 0 Å². The number of anilines is 1. The number of likely N-dealkylation sites (tertiary alicyclic amines) is 1. The highest BCUT2D eigenvalue weighted by Crippen LogP contribution is 2.41. The maximum Gasteiger partial charge on any atom is 0.401 e. The van der Waals surface area contributed by atoms with Gasteiger partial charge in [0.15, 0.2) is 0 Å². The second-order valence-corrected chi connectivity index (χ2v) is 16.9. The first-order valence-corrected chi connectivity index (χ1v) is 17.4. The van der Waals surface area contributed by atoms with Gasteiger partial charge in [0, 0.05) is 47.8 Å². The van der Waals surface area contributed by atoms with Gasteiger partial charge in [0.2, 0.25) is 0 Å². The molecule has 1 fully saturated rings. The van der Waals surface area contributed by atoms with Crippen LogP contribution < -0.4 is 5.32 Å². The minimum absolute atomic E-state index is 0.252. The molecular weight excluding hydrogens is 534 g/mol. The predicted octanol–water partition coefficient (Wildman–Crippen LogP) is 6.15. The minimum Gasteiger partial charge on any atom is -0.378 e. The standard InChI is InChI=1S/C30H37F4N5Si/c1-20-14-25-24-15-21(10-13-40(2,3)4)6-8-26(24)37-28(25)29(39(20)19-30(32,33)34)27-9-7-22(16-35-27)36-23-17-38(18-23)12-5-11-31/h6-9,15-16,20,23,29,36-37H,5,11-12,14,17-19H2,1-4H3/t20-,29-/m1/s1. The van der Waals surface area contributed by atoms with E-state index in [-0.39, 0.29) is 18.8 Å². The molecule has 4 heterocycles. The Balaban J connectivity index is 1.45. The van der Waals surface area contributed by atoms with Gasteiger partial charge in [0.25, 0.3) is 0 Å². The van der Waals surface area contributed by atoms with Crippen LogP contribution in [0.3, 0.4) is 0 Å². The summed E-state index contributed by atoms with van der Waals surface area (Å²) in [7, 11) is -1.55. The maximum atomic E-state index is 13.8. The number of fused-ring (bicyclic) bond motifs is 3. The van der Waals surface area contributed by atoms with E-state index in [1.165, 1.54) is 4.90 Å². The van der Waals surface area contributed by atoms with Crippen molar-refractivity contribution in [2.45, 2.75) is 63.7 Å². The van der Waals surface area contributed by atoms with E-state index in [0.717, 1.165) is 53.0 Å². The number of halogens is 4. The molecule has 0 bridgehead atoms. The normalized spacial score (nSPS) is 20.6. The summed E-state index contributed by atoms with van der Waals surface area (Å²) in [5.74, 6) is 3.31. The first-order chi connectivity index (χ1) is 18.9. The van der Waals surface area contributed by atoms with Gasteiger partial charge in [0.05, 0.1) is 42.9 Å². The van der Waals surface area contributed by atoms with Crippen molar-refractivity contribution in [3.8, 4) is 11.5 Å². The Hall–Kier alpha value is -2.87. The first-order valence-electron chi connectivity index (χ1n) is 13.9. The average molecular weight is 572 g/mol. The summed E-state index contributed by atoms with van der Waals surface area (Å²) in [5, 5.41) is 4.45. The number of nitrogens with one attached hydrogen (secondary N) is 2. The summed E-state index contributed by atoms with van der Waals surface area (Å²) < 4.78 is 53.7. The lowest BCUT2D eigenvalue weighted by Crippen LogP contribution is -2.54. The molecule has 1 aromatic carbocycles. The Bertz CT molecular complexity index is 1390. The van der Waals surface area contributed by atoms with Gasteiger partial charge in [-0.05, 0) is 55.7 Å². The van der Waals surface area contributed by atoms with E-state index in [2.05, 4.69) is 57.4 Å². The van der Waals surface area contributed by atoms with E-state index in [9.17, 15) is 17.6 Å². The van der Waals surface area contributed by atoms with Crippen LogP contribution in [0.15, 0.2) is 36.5 Å². The Labute approximate surface area is 234 Å². The van der Waals surface area contributed by atoms with Gasteiger partial charge < -0.3 is 10.3 Å². The van der Waals surface area contributed by atoms with E-state index in [1.807, 2.05) is 31.2 Å². The molecule has 5 nitrogen and oxygen atoms in total. The predicted molar refractivity (Wildman–Crippen MR) is 155 cm³/mol. The molecule has 10 heteroatoms. The van der Waals surface area contributed by atoms with Crippen molar-refractivity contribution in [2.24, 2.45) is 0 Å². The summed E-state index contributed by atoms with van der Waals surface area (Å²) in [4.78, 5) is 11.8. The molecule has 2 N–H and O–H groups in total. The van der Waals surface area contributed by atoms with Gasteiger partial charge in [-0.25, -0.2) is 0 Å². The van der Waals surface area contributed by atoms with Gasteiger partial charge in [-0.15, -0.1) is 5.54 Å². The number of aromatic nitrogens is 2. The topological polar surface area (TPSA) is 47.2 Å². The lowest BCUT2D eigenvalue weighted by molar-refractivity contribution is -0.155. The average Bonchev–Trinajstić information content (AvgIpc) is 3.21. The molecule has 5 rings (SSSR count). The zero-order valence-electron chi connectivity index (χ0n) is 23.5. The van der Waals surface area contributed by atoms with Crippen LogP contribution in [-0.2, 0) is 6.42 Å². The zero-order chi connectivity index (χ0) is 28.7. The van der Waals surface area contributed by atoms with E-state index in [0.29, 0.717) is 18.5 Å². The molecule has 214 valence electrons. The monoisotopic (exact) mass is 571 g/mol. The summed E-state index contributed by atoms with van der Waals surface area (Å²) in [6.07, 6.45) is -1.58. The van der Waals surface area contributed by atoms with Crippen molar-refractivity contribution in [1.82, 2.24) is 19.8 Å². The number of hydrogen-bond acceptors (Lipinski definition) is 4.